The molecule has 0 spiro atoms. The lowest BCUT2D eigenvalue weighted by Crippen LogP contribution is -2.33. The number of piperidine rings is 1. The molecule has 27 heavy (non-hydrogen) atoms. The number of rotatable bonds is 6. The molecule has 0 atom stereocenters. The predicted molar refractivity (Wildman–Crippen MR) is 100 cm³/mol. The van der Waals surface area contributed by atoms with Gasteiger partial charge in [-0.2, -0.15) is 10.2 Å². The van der Waals surface area contributed by atoms with Gasteiger partial charge in [0, 0.05) is 37.8 Å². The van der Waals surface area contributed by atoms with Crippen LogP contribution in [0.15, 0.2) is 18.9 Å². The van der Waals surface area contributed by atoms with Crippen molar-refractivity contribution in [2.24, 2.45) is 7.05 Å². The van der Waals surface area contributed by atoms with E-state index in [-0.39, 0.29) is 0 Å². The molecule has 1 aliphatic heterocycles. The molecule has 9 heteroatoms. The summed E-state index contributed by atoms with van der Waals surface area (Å²) in [5.74, 6) is 2.46. The minimum atomic E-state index is 0.461. The molecule has 0 bridgehead atoms. The summed E-state index contributed by atoms with van der Waals surface area (Å²) in [5.41, 5.74) is 2.48. The molecule has 0 amide bonds. The highest BCUT2D eigenvalue weighted by Gasteiger charge is 2.25. The van der Waals surface area contributed by atoms with E-state index in [1.54, 1.807) is 17.3 Å². The molecule has 1 aliphatic rings. The maximum Gasteiger partial charge on any atom is 0.154 e. The molecule has 1 fully saturated rings. The summed E-state index contributed by atoms with van der Waals surface area (Å²) < 4.78 is 5.92. The fourth-order valence-corrected chi connectivity index (χ4v) is 3.79. The van der Waals surface area contributed by atoms with Gasteiger partial charge in [-0.1, -0.05) is 0 Å². The van der Waals surface area contributed by atoms with Gasteiger partial charge in [0.2, 0.25) is 0 Å². The van der Waals surface area contributed by atoms with E-state index in [4.69, 9.17) is 0 Å². The van der Waals surface area contributed by atoms with E-state index in [9.17, 15) is 0 Å². The summed E-state index contributed by atoms with van der Waals surface area (Å²) >= 11 is 0. The first kappa shape index (κ1) is 17.8. The van der Waals surface area contributed by atoms with E-state index < -0.39 is 0 Å². The van der Waals surface area contributed by atoms with Crippen molar-refractivity contribution in [3.63, 3.8) is 0 Å². The summed E-state index contributed by atoms with van der Waals surface area (Å²) in [6, 6.07) is 0. The molecule has 0 saturated carbocycles. The Kier molecular flexibility index (Phi) is 5.02. The Bertz CT molecular complexity index is 869. The third kappa shape index (κ3) is 3.78. The summed E-state index contributed by atoms with van der Waals surface area (Å²) in [5, 5.41) is 17.6. The highest BCUT2D eigenvalue weighted by Crippen LogP contribution is 2.28. The van der Waals surface area contributed by atoms with Crippen molar-refractivity contribution in [3.8, 4) is 0 Å². The van der Waals surface area contributed by atoms with Gasteiger partial charge in [-0.25, -0.2) is 9.67 Å². The minimum Gasteiger partial charge on any atom is -0.316 e. The first-order valence-corrected chi connectivity index (χ1v) is 9.60. The van der Waals surface area contributed by atoms with E-state index in [1.807, 2.05) is 4.68 Å². The van der Waals surface area contributed by atoms with Crippen LogP contribution in [0, 0.1) is 6.92 Å². The molecule has 144 valence electrons. The molecule has 0 N–H and O–H groups in total. The predicted octanol–water partition coefficient (Wildman–Crippen LogP) is 1.36. The van der Waals surface area contributed by atoms with Crippen LogP contribution in [0.25, 0.3) is 0 Å². The Morgan fingerprint density at radius 1 is 1.11 bits per heavy atom. The summed E-state index contributed by atoms with van der Waals surface area (Å²) in [6.07, 6.45) is 7.64. The van der Waals surface area contributed by atoms with Crippen LogP contribution in [-0.2, 0) is 26.7 Å². The molecule has 3 aromatic rings. The Hall–Kier alpha value is -2.55. The van der Waals surface area contributed by atoms with Crippen molar-refractivity contribution in [1.29, 1.82) is 0 Å². The molecule has 0 aromatic carbocycles. The van der Waals surface area contributed by atoms with Crippen LogP contribution >= 0.6 is 0 Å². The maximum absolute atomic E-state index is 4.56. The molecule has 0 aliphatic carbocycles. The third-order valence-electron chi connectivity index (χ3n) is 5.49. The number of nitrogens with zero attached hydrogens (tertiary/aromatic N) is 9. The lowest BCUT2D eigenvalue weighted by atomic mass is 9.95. The van der Waals surface area contributed by atoms with Crippen LogP contribution in [0.4, 0.5) is 0 Å². The molecule has 0 radical (unpaired) electrons. The van der Waals surface area contributed by atoms with Crippen LogP contribution < -0.4 is 0 Å². The average molecular weight is 369 g/mol. The zero-order valence-electron chi connectivity index (χ0n) is 16.3. The molecular weight excluding hydrogens is 342 g/mol. The van der Waals surface area contributed by atoms with E-state index in [0.717, 1.165) is 56.4 Å². The SMILES string of the molecule is CCn1cc(CN2CCC(c3nnc(Cn4cncn4)n3C)CC2)c(C)n1. The average Bonchev–Trinajstić information content (AvgIpc) is 3.39. The van der Waals surface area contributed by atoms with Crippen LogP contribution in [0.5, 0.6) is 0 Å². The highest BCUT2D eigenvalue weighted by atomic mass is 15.4. The van der Waals surface area contributed by atoms with Gasteiger partial charge in [0.05, 0.1) is 5.69 Å². The standard InChI is InChI=1S/C18H27N9/c1-4-26-10-16(14(2)23-26)9-25-7-5-15(6-8-25)18-22-21-17(24(18)3)11-27-13-19-12-20-27/h10,12-13,15H,4-9,11H2,1-3H3. The van der Waals surface area contributed by atoms with E-state index in [1.165, 1.54) is 5.56 Å². The molecule has 3 aromatic heterocycles. The van der Waals surface area contributed by atoms with E-state index in [2.05, 4.69) is 61.9 Å². The van der Waals surface area contributed by atoms with Gasteiger partial charge in [-0.05, 0) is 39.8 Å². The lowest BCUT2D eigenvalue weighted by Gasteiger charge is -2.31. The maximum atomic E-state index is 4.56. The van der Waals surface area contributed by atoms with Crippen LogP contribution in [0.2, 0.25) is 0 Å². The van der Waals surface area contributed by atoms with Crippen molar-refractivity contribution in [1.82, 2.24) is 44.2 Å². The van der Waals surface area contributed by atoms with Crippen LogP contribution in [0.1, 0.15) is 48.6 Å². The minimum absolute atomic E-state index is 0.461. The first-order chi connectivity index (χ1) is 13.1. The van der Waals surface area contributed by atoms with Crippen molar-refractivity contribution in [2.45, 2.75) is 52.2 Å². The lowest BCUT2D eigenvalue weighted by molar-refractivity contribution is 0.200. The molecule has 9 nitrogen and oxygen atoms in total. The summed E-state index contributed by atoms with van der Waals surface area (Å²) in [7, 11) is 2.05. The van der Waals surface area contributed by atoms with Gasteiger partial charge in [0.25, 0.3) is 0 Å². The van der Waals surface area contributed by atoms with Gasteiger partial charge < -0.3 is 4.57 Å². The Labute approximate surface area is 159 Å². The fourth-order valence-electron chi connectivity index (χ4n) is 3.79. The van der Waals surface area contributed by atoms with Gasteiger partial charge in [-0.3, -0.25) is 9.58 Å². The van der Waals surface area contributed by atoms with Crippen molar-refractivity contribution in [3.05, 3.63) is 41.8 Å². The zero-order valence-corrected chi connectivity index (χ0v) is 16.3. The molecular formula is C18H27N9. The fraction of sp³-hybridized carbons (Fsp3) is 0.611. The largest absolute Gasteiger partial charge is 0.316 e. The van der Waals surface area contributed by atoms with Gasteiger partial charge in [-0.15, -0.1) is 10.2 Å². The topological polar surface area (TPSA) is 82.5 Å². The van der Waals surface area contributed by atoms with E-state index >= 15 is 0 Å². The van der Waals surface area contributed by atoms with Crippen molar-refractivity contribution < 1.29 is 0 Å². The van der Waals surface area contributed by atoms with Crippen LogP contribution in [-0.4, -0.2) is 57.3 Å². The molecule has 1 saturated heterocycles. The van der Waals surface area contributed by atoms with Crippen LogP contribution in [0.3, 0.4) is 0 Å². The molecule has 4 rings (SSSR count). The smallest absolute Gasteiger partial charge is 0.154 e. The number of aryl methyl sites for hydroxylation is 2. The van der Waals surface area contributed by atoms with Gasteiger partial charge in [0.15, 0.2) is 5.82 Å². The second-order valence-corrected chi connectivity index (χ2v) is 7.27. The first-order valence-electron chi connectivity index (χ1n) is 9.60. The monoisotopic (exact) mass is 369 g/mol. The van der Waals surface area contributed by atoms with E-state index in [0.29, 0.717) is 12.5 Å². The Balaban J connectivity index is 1.36. The second kappa shape index (κ2) is 7.59. The zero-order chi connectivity index (χ0) is 18.8. The quantitative estimate of drug-likeness (QED) is 0.652. The second-order valence-electron chi connectivity index (χ2n) is 7.27. The number of hydrogen-bond donors (Lipinski definition) is 0. The van der Waals surface area contributed by atoms with Gasteiger partial charge in [0.1, 0.15) is 25.0 Å². The number of hydrogen-bond acceptors (Lipinski definition) is 6. The summed E-state index contributed by atoms with van der Waals surface area (Å²) in [6.45, 7) is 8.88. The molecule has 4 heterocycles. The summed E-state index contributed by atoms with van der Waals surface area (Å²) in [4.78, 5) is 6.50. The number of aromatic nitrogens is 8. The normalized spacial score (nSPS) is 16.3. The van der Waals surface area contributed by atoms with Crippen molar-refractivity contribution in [2.75, 3.05) is 13.1 Å². The van der Waals surface area contributed by atoms with Gasteiger partial charge >= 0.3 is 0 Å². The van der Waals surface area contributed by atoms with Crippen molar-refractivity contribution >= 4 is 0 Å². The molecule has 0 unspecified atom stereocenters. The number of likely N-dealkylation sites (tertiary alicyclic amines) is 1. The Morgan fingerprint density at radius 2 is 1.93 bits per heavy atom. The Morgan fingerprint density at radius 3 is 2.59 bits per heavy atom. The third-order valence-corrected chi connectivity index (χ3v) is 5.49. The highest BCUT2D eigenvalue weighted by molar-refractivity contribution is 5.15.